The van der Waals surface area contributed by atoms with Crippen LogP contribution >= 0.6 is 11.6 Å². The van der Waals surface area contributed by atoms with Crippen molar-refractivity contribution in [3.8, 4) is 0 Å². The van der Waals surface area contributed by atoms with Gasteiger partial charge in [-0.05, 0) is 61.2 Å². The average Bonchev–Trinajstić information content (AvgIpc) is 3.40. The number of H-pyrrole nitrogens is 1. The van der Waals surface area contributed by atoms with Crippen LogP contribution in [0.25, 0.3) is 10.9 Å². The van der Waals surface area contributed by atoms with E-state index in [1.165, 1.54) is 13.2 Å². The molecule has 1 aliphatic heterocycles. The van der Waals surface area contributed by atoms with Gasteiger partial charge in [0.1, 0.15) is 6.10 Å². The molecule has 218 valence electrons. The van der Waals surface area contributed by atoms with Crippen molar-refractivity contribution in [2.45, 2.75) is 31.3 Å². The van der Waals surface area contributed by atoms with Gasteiger partial charge >= 0.3 is 12.2 Å². The highest BCUT2D eigenvalue weighted by atomic mass is 35.5. The summed E-state index contributed by atoms with van der Waals surface area (Å²) in [6.45, 7) is 0.358. The first-order valence-electron chi connectivity index (χ1n) is 13.5. The molecular formula is C31H30ClFN4O5. The molecule has 0 bridgehead atoms. The van der Waals surface area contributed by atoms with Crippen LogP contribution in [0.4, 0.5) is 25.4 Å². The molecule has 5 rings (SSSR count). The fourth-order valence-corrected chi connectivity index (χ4v) is 5.35. The normalized spacial score (nSPS) is 14.9. The molecule has 0 fully saturated rings. The standard InChI is InChI=1S/C31H30ClFN4O5/c1-37(14-6-9-26-27-24(36-31(40)42-26)13-11-22(32)28(27)33)29(38)21(15-18-7-4-3-5-8-18)25-17-19-16-20(34-30(39)41-2)10-12-23(19)35-25/h3-5,7-8,10-13,16-17,21,26,35H,6,9,14-15H2,1-2H3,(H,34,39)(H,36,40). The summed E-state index contributed by atoms with van der Waals surface area (Å²) in [6, 6.07) is 20.0. The van der Waals surface area contributed by atoms with Crippen LogP contribution in [-0.2, 0) is 20.7 Å². The molecule has 0 saturated heterocycles. The molecule has 1 aliphatic rings. The van der Waals surface area contributed by atoms with E-state index in [9.17, 15) is 18.8 Å². The monoisotopic (exact) mass is 592 g/mol. The topological polar surface area (TPSA) is 113 Å². The Morgan fingerprint density at radius 1 is 1.14 bits per heavy atom. The number of likely N-dealkylation sites (N-methyl/N-ethyl adjacent to an activating group) is 1. The smallest absolute Gasteiger partial charge is 0.412 e. The Labute approximate surface area is 246 Å². The van der Waals surface area contributed by atoms with Crippen molar-refractivity contribution in [2.24, 2.45) is 0 Å². The maximum atomic E-state index is 14.8. The Morgan fingerprint density at radius 2 is 1.93 bits per heavy atom. The van der Waals surface area contributed by atoms with Crippen LogP contribution in [0.15, 0.2) is 66.7 Å². The van der Waals surface area contributed by atoms with Gasteiger partial charge in [-0.25, -0.2) is 14.0 Å². The second-order valence-corrected chi connectivity index (χ2v) is 10.5. The van der Waals surface area contributed by atoms with E-state index in [-0.39, 0.29) is 16.5 Å². The number of halogens is 2. The maximum Gasteiger partial charge on any atom is 0.412 e. The van der Waals surface area contributed by atoms with E-state index >= 15 is 0 Å². The lowest BCUT2D eigenvalue weighted by Crippen LogP contribution is -2.34. The van der Waals surface area contributed by atoms with Crippen molar-refractivity contribution in [1.82, 2.24) is 9.88 Å². The lowest BCUT2D eigenvalue weighted by Gasteiger charge is -2.28. The van der Waals surface area contributed by atoms with Crippen LogP contribution in [0.1, 0.15) is 41.7 Å². The summed E-state index contributed by atoms with van der Waals surface area (Å²) in [5.74, 6) is -1.25. The number of methoxy groups -OCH3 is 1. The Kier molecular flexibility index (Phi) is 8.63. The number of aromatic amines is 1. The van der Waals surface area contributed by atoms with E-state index in [2.05, 4.69) is 20.4 Å². The van der Waals surface area contributed by atoms with Crippen LogP contribution in [-0.4, -0.2) is 48.7 Å². The van der Waals surface area contributed by atoms with E-state index in [4.69, 9.17) is 16.3 Å². The zero-order valence-corrected chi connectivity index (χ0v) is 23.8. The number of aromatic nitrogens is 1. The molecule has 3 N–H and O–H groups in total. The predicted octanol–water partition coefficient (Wildman–Crippen LogP) is 7.01. The number of fused-ring (bicyclic) bond motifs is 2. The third-order valence-electron chi connectivity index (χ3n) is 7.31. The number of rotatable bonds is 9. The molecular weight excluding hydrogens is 563 g/mol. The van der Waals surface area contributed by atoms with Crippen molar-refractivity contribution in [3.05, 3.63) is 94.4 Å². The zero-order valence-electron chi connectivity index (χ0n) is 23.1. The summed E-state index contributed by atoms with van der Waals surface area (Å²) in [4.78, 5) is 42.6. The number of benzene rings is 3. The highest BCUT2D eigenvalue weighted by molar-refractivity contribution is 6.31. The highest BCUT2D eigenvalue weighted by Crippen LogP contribution is 2.38. The maximum absolute atomic E-state index is 14.8. The van der Waals surface area contributed by atoms with Crippen molar-refractivity contribution in [2.75, 3.05) is 31.3 Å². The Balaban J connectivity index is 1.33. The minimum atomic E-state index is -0.822. The van der Waals surface area contributed by atoms with Crippen molar-refractivity contribution in [3.63, 3.8) is 0 Å². The first kappa shape index (κ1) is 28.9. The number of cyclic esters (lactones) is 1. The van der Waals surface area contributed by atoms with Gasteiger partial charge in [0.2, 0.25) is 5.91 Å². The number of hydrogen-bond acceptors (Lipinski definition) is 5. The number of hydrogen-bond donors (Lipinski definition) is 3. The number of amides is 3. The number of nitrogens with zero attached hydrogens (tertiary/aromatic N) is 1. The number of anilines is 2. The zero-order chi connectivity index (χ0) is 29.8. The van der Waals surface area contributed by atoms with Gasteiger partial charge in [0.15, 0.2) is 5.82 Å². The molecule has 1 aromatic heterocycles. The molecule has 2 atom stereocenters. The summed E-state index contributed by atoms with van der Waals surface area (Å²) in [6.07, 6.45) is -0.826. The van der Waals surface area contributed by atoms with Crippen LogP contribution in [0.5, 0.6) is 0 Å². The molecule has 3 amide bonds. The van der Waals surface area contributed by atoms with E-state index in [0.29, 0.717) is 37.2 Å². The minimum absolute atomic E-state index is 0.0546. The predicted molar refractivity (Wildman–Crippen MR) is 158 cm³/mol. The van der Waals surface area contributed by atoms with Gasteiger partial charge in [-0.2, -0.15) is 0 Å². The van der Waals surface area contributed by atoms with Gasteiger partial charge in [0.25, 0.3) is 0 Å². The van der Waals surface area contributed by atoms with Gasteiger partial charge < -0.3 is 19.4 Å². The van der Waals surface area contributed by atoms with E-state index < -0.39 is 30.0 Å². The van der Waals surface area contributed by atoms with Crippen LogP contribution in [0, 0.1) is 5.82 Å². The first-order valence-corrected chi connectivity index (χ1v) is 13.8. The third-order valence-corrected chi connectivity index (χ3v) is 7.60. The molecule has 0 radical (unpaired) electrons. The second-order valence-electron chi connectivity index (χ2n) is 10.1. The van der Waals surface area contributed by atoms with Gasteiger partial charge in [-0.3, -0.25) is 15.4 Å². The first-order chi connectivity index (χ1) is 20.2. The lowest BCUT2D eigenvalue weighted by molar-refractivity contribution is -0.131. The molecule has 0 aliphatic carbocycles. The SMILES string of the molecule is COC(=O)Nc1ccc2[nH]c(C(Cc3ccccc3)C(=O)N(C)CCCC3OC(=O)Nc4ccc(Cl)c(F)c43)cc2c1. The number of carbonyl (C=O) groups excluding carboxylic acids is 3. The van der Waals surface area contributed by atoms with E-state index in [1.54, 1.807) is 24.1 Å². The number of ether oxygens (including phenoxy) is 2. The highest BCUT2D eigenvalue weighted by Gasteiger charge is 2.31. The number of nitrogens with one attached hydrogen (secondary N) is 3. The van der Waals surface area contributed by atoms with Gasteiger partial charge in [-0.15, -0.1) is 0 Å². The quantitative estimate of drug-likeness (QED) is 0.194. The molecule has 2 heterocycles. The summed E-state index contributed by atoms with van der Waals surface area (Å²) >= 11 is 5.98. The third kappa shape index (κ3) is 6.33. The van der Waals surface area contributed by atoms with E-state index in [0.717, 1.165) is 22.2 Å². The van der Waals surface area contributed by atoms with Crippen molar-refractivity contribution < 1.29 is 28.2 Å². The fourth-order valence-electron chi connectivity index (χ4n) is 5.18. The summed E-state index contributed by atoms with van der Waals surface area (Å²) < 4.78 is 24.9. The fraction of sp³-hybridized carbons (Fsp3) is 0.258. The van der Waals surface area contributed by atoms with Crippen LogP contribution < -0.4 is 10.6 Å². The van der Waals surface area contributed by atoms with E-state index in [1.807, 2.05) is 48.5 Å². The van der Waals surface area contributed by atoms with Crippen molar-refractivity contribution >= 4 is 52.0 Å². The van der Waals surface area contributed by atoms with Crippen molar-refractivity contribution in [1.29, 1.82) is 0 Å². The number of carbonyl (C=O) groups is 3. The Bertz CT molecular complexity index is 1630. The molecule has 4 aromatic rings. The molecule has 9 nitrogen and oxygen atoms in total. The molecule has 3 aromatic carbocycles. The summed E-state index contributed by atoms with van der Waals surface area (Å²) in [5, 5.41) is 5.93. The second kappa shape index (κ2) is 12.5. The molecule has 2 unspecified atom stereocenters. The van der Waals surface area contributed by atoms with Crippen LogP contribution in [0.2, 0.25) is 5.02 Å². The van der Waals surface area contributed by atoms with Gasteiger partial charge in [0, 0.05) is 35.9 Å². The lowest BCUT2D eigenvalue weighted by atomic mass is 9.94. The van der Waals surface area contributed by atoms with Crippen LogP contribution in [0.3, 0.4) is 0 Å². The van der Waals surface area contributed by atoms with Gasteiger partial charge in [-0.1, -0.05) is 41.9 Å². The molecule has 42 heavy (non-hydrogen) atoms. The largest absolute Gasteiger partial charge is 0.453 e. The van der Waals surface area contributed by atoms with Gasteiger partial charge in [0.05, 0.1) is 29.3 Å². The molecule has 0 spiro atoms. The Morgan fingerprint density at radius 3 is 2.69 bits per heavy atom. The summed E-state index contributed by atoms with van der Waals surface area (Å²) in [5.41, 5.74) is 3.66. The Hall–Kier alpha value is -4.57. The molecule has 0 saturated carbocycles. The average molecular weight is 593 g/mol. The minimum Gasteiger partial charge on any atom is -0.453 e. The summed E-state index contributed by atoms with van der Waals surface area (Å²) in [7, 11) is 3.02. The molecule has 11 heteroatoms.